The minimum absolute atomic E-state index is 0.128. The van der Waals surface area contributed by atoms with Gasteiger partial charge in [-0.2, -0.15) is 9.50 Å². The second kappa shape index (κ2) is 13.6. The Morgan fingerprint density at radius 2 is 1.91 bits per heavy atom. The highest BCUT2D eigenvalue weighted by Crippen LogP contribution is 2.26. The lowest BCUT2D eigenvalue weighted by atomic mass is 10.1. The van der Waals surface area contributed by atoms with E-state index in [4.69, 9.17) is 10.2 Å². The molecule has 0 saturated carbocycles. The van der Waals surface area contributed by atoms with E-state index in [9.17, 15) is 9.59 Å². The topological polar surface area (TPSA) is 143 Å². The molecule has 1 aromatic carbocycles. The molecule has 1 saturated heterocycles. The molecule has 6 rings (SSSR count). The van der Waals surface area contributed by atoms with Gasteiger partial charge in [0.15, 0.2) is 17.1 Å². The van der Waals surface area contributed by atoms with Crippen LogP contribution in [0.4, 0.5) is 16.0 Å². The van der Waals surface area contributed by atoms with E-state index in [1.54, 1.807) is 28.8 Å². The molecule has 0 bridgehead atoms. The smallest absolute Gasteiger partial charge is 0.309 e. The SMILES string of the molecule is CCC(CC)N(C)CCNC(=O)c1ccc(N2CCN(CCn3c(=O)sc4c3nc(N)n3nc(-c5ccco5)nc43)CC2)c(F)c1. The number of anilines is 2. The highest BCUT2D eigenvalue weighted by Gasteiger charge is 2.23. The van der Waals surface area contributed by atoms with E-state index in [0.29, 0.717) is 90.7 Å². The monoisotopic (exact) mass is 650 g/mol. The average Bonchev–Trinajstić information content (AvgIpc) is 3.81. The van der Waals surface area contributed by atoms with Crippen LogP contribution in [0.2, 0.25) is 0 Å². The van der Waals surface area contributed by atoms with E-state index in [-0.39, 0.29) is 16.7 Å². The Balaban J connectivity index is 1.05. The van der Waals surface area contributed by atoms with Gasteiger partial charge in [-0.15, -0.1) is 5.10 Å². The first-order valence-electron chi connectivity index (χ1n) is 15.6. The maximum absolute atomic E-state index is 15.2. The average molecular weight is 651 g/mol. The number of piperazine rings is 1. The third-order valence-electron chi connectivity index (χ3n) is 8.74. The Morgan fingerprint density at radius 1 is 1.13 bits per heavy atom. The number of thiazole rings is 1. The zero-order valence-corrected chi connectivity index (χ0v) is 27.1. The number of fused-ring (bicyclic) bond motifs is 3. The van der Waals surface area contributed by atoms with Crippen LogP contribution < -0.4 is 20.8 Å². The number of amides is 1. The molecule has 244 valence electrons. The first-order chi connectivity index (χ1) is 22.3. The van der Waals surface area contributed by atoms with Crippen molar-refractivity contribution in [3.63, 3.8) is 0 Å². The summed E-state index contributed by atoms with van der Waals surface area (Å²) in [5, 5.41) is 7.31. The van der Waals surface area contributed by atoms with Crippen LogP contribution in [0.25, 0.3) is 27.6 Å². The van der Waals surface area contributed by atoms with Crippen LogP contribution in [0, 0.1) is 5.82 Å². The quantitative estimate of drug-likeness (QED) is 0.207. The summed E-state index contributed by atoms with van der Waals surface area (Å²) in [4.78, 5) is 41.0. The molecular formula is C31H39FN10O3S. The maximum atomic E-state index is 15.2. The van der Waals surface area contributed by atoms with Gasteiger partial charge in [-0.1, -0.05) is 25.2 Å². The minimum Gasteiger partial charge on any atom is -0.461 e. The molecular weight excluding hydrogens is 611 g/mol. The summed E-state index contributed by atoms with van der Waals surface area (Å²) in [6.45, 7) is 9.22. The third kappa shape index (κ3) is 6.34. The molecule has 13 nitrogen and oxygen atoms in total. The number of hydrogen-bond donors (Lipinski definition) is 2. The van der Waals surface area contributed by atoms with Crippen LogP contribution in [0.5, 0.6) is 0 Å². The van der Waals surface area contributed by atoms with Crippen molar-refractivity contribution in [3.05, 3.63) is 57.6 Å². The van der Waals surface area contributed by atoms with Crippen LogP contribution >= 0.6 is 11.3 Å². The van der Waals surface area contributed by atoms with Crippen molar-refractivity contribution in [1.82, 2.24) is 39.3 Å². The number of nitrogens with one attached hydrogen (secondary N) is 1. The summed E-state index contributed by atoms with van der Waals surface area (Å²) in [5.74, 6) is 0.299. The molecule has 1 amide bonds. The Hall–Kier alpha value is -4.34. The van der Waals surface area contributed by atoms with Crippen LogP contribution in [0.1, 0.15) is 37.0 Å². The van der Waals surface area contributed by atoms with Crippen molar-refractivity contribution in [1.29, 1.82) is 0 Å². The molecule has 0 spiro atoms. The van der Waals surface area contributed by atoms with E-state index < -0.39 is 5.82 Å². The van der Waals surface area contributed by atoms with Crippen molar-refractivity contribution in [2.45, 2.75) is 39.3 Å². The van der Waals surface area contributed by atoms with E-state index in [0.717, 1.165) is 30.7 Å². The highest BCUT2D eigenvalue weighted by atomic mass is 32.1. The lowest BCUT2D eigenvalue weighted by molar-refractivity contribution is 0.0946. The molecule has 5 aromatic rings. The van der Waals surface area contributed by atoms with Gasteiger partial charge in [0, 0.05) is 64.0 Å². The molecule has 46 heavy (non-hydrogen) atoms. The number of aromatic nitrogens is 5. The van der Waals surface area contributed by atoms with Gasteiger partial charge in [-0.25, -0.2) is 9.37 Å². The van der Waals surface area contributed by atoms with Gasteiger partial charge in [0.25, 0.3) is 5.91 Å². The first kappa shape index (κ1) is 31.6. The normalized spacial score (nSPS) is 14.3. The highest BCUT2D eigenvalue weighted by molar-refractivity contribution is 7.17. The summed E-state index contributed by atoms with van der Waals surface area (Å²) in [6.07, 6.45) is 3.66. The van der Waals surface area contributed by atoms with Crippen LogP contribution in [0.3, 0.4) is 0 Å². The van der Waals surface area contributed by atoms with Crippen molar-refractivity contribution in [2.24, 2.45) is 0 Å². The first-order valence-corrected chi connectivity index (χ1v) is 16.4. The molecule has 0 atom stereocenters. The van der Waals surface area contributed by atoms with Crippen LogP contribution in [-0.2, 0) is 6.54 Å². The number of halogens is 1. The second-order valence-electron chi connectivity index (χ2n) is 11.5. The minimum atomic E-state index is -0.412. The summed E-state index contributed by atoms with van der Waals surface area (Å²) in [7, 11) is 2.06. The largest absolute Gasteiger partial charge is 0.461 e. The van der Waals surface area contributed by atoms with E-state index in [1.807, 2.05) is 4.90 Å². The number of hydrogen-bond acceptors (Lipinski definition) is 11. The summed E-state index contributed by atoms with van der Waals surface area (Å²) < 4.78 is 24.2. The third-order valence-corrected chi connectivity index (χ3v) is 9.70. The number of carbonyl (C=O) groups is 1. The van der Waals surface area contributed by atoms with Gasteiger partial charge < -0.3 is 25.3 Å². The predicted molar refractivity (Wildman–Crippen MR) is 177 cm³/mol. The number of furan rings is 1. The maximum Gasteiger partial charge on any atom is 0.309 e. The second-order valence-corrected chi connectivity index (χ2v) is 12.5. The summed E-state index contributed by atoms with van der Waals surface area (Å²) in [5.41, 5.74) is 7.93. The van der Waals surface area contributed by atoms with Gasteiger partial charge in [0.2, 0.25) is 11.8 Å². The molecule has 0 unspecified atom stereocenters. The van der Waals surface area contributed by atoms with Gasteiger partial charge >= 0.3 is 4.87 Å². The number of nitrogens with two attached hydrogens (primary N) is 1. The van der Waals surface area contributed by atoms with Crippen LogP contribution in [0.15, 0.2) is 45.8 Å². The number of carbonyl (C=O) groups excluding carboxylic acids is 1. The van der Waals surface area contributed by atoms with Gasteiger partial charge in [0.1, 0.15) is 10.5 Å². The molecule has 1 aliphatic heterocycles. The summed E-state index contributed by atoms with van der Waals surface area (Å²) >= 11 is 1.06. The Bertz CT molecular complexity index is 1870. The number of nitrogens with zero attached hydrogens (tertiary/aromatic N) is 8. The van der Waals surface area contributed by atoms with Crippen molar-refractivity contribution >= 4 is 44.9 Å². The molecule has 4 aromatic heterocycles. The fraction of sp³-hybridized carbons (Fsp3) is 0.452. The van der Waals surface area contributed by atoms with Crippen LogP contribution in [-0.4, -0.2) is 98.8 Å². The van der Waals surface area contributed by atoms with Crippen molar-refractivity contribution < 1.29 is 13.6 Å². The van der Waals surface area contributed by atoms with E-state index in [1.165, 1.54) is 16.8 Å². The Morgan fingerprint density at radius 3 is 2.61 bits per heavy atom. The number of nitrogen functional groups attached to an aromatic ring is 1. The lowest BCUT2D eigenvalue weighted by Gasteiger charge is -2.36. The lowest BCUT2D eigenvalue weighted by Crippen LogP contribution is -2.47. The fourth-order valence-corrected chi connectivity index (χ4v) is 6.97. The summed E-state index contributed by atoms with van der Waals surface area (Å²) in [6, 6.07) is 8.67. The molecule has 0 radical (unpaired) electrons. The van der Waals surface area contributed by atoms with E-state index >= 15 is 4.39 Å². The molecule has 3 N–H and O–H groups in total. The van der Waals surface area contributed by atoms with Gasteiger partial charge in [0.05, 0.1) is 12.0 Å². The standard InChI is InChI=1S/C31H39FN10O3S/c1-4-21(5-2)38(3)11-10-34-29(43)20-8-9-23(22(32)19-20)40-15-12-39(13-16-40)14-17-41-27-25(46-31(41)44)28-35-26(24-7-6-18-45-24)37-42(28)30(33)36-27/h6-9,18-19,21H,4-5,10-17H2,1-3H3,(H2,33,36)(H,34,43). The number of likely N-dealkylation sites (N-methyl/N-ethyl adjacent to an activating group) is 1. The van der Waals surface area contributed by atoms with Gasteiger partial charge in [-0.3, -0.25) is 19.1 Å². The van der Waals surface area contributed by atoms with Gasteiger partial charge in [-0.05, 0) is 50.2 Å². The zero-order chi connectivity index (χ0) is 32.4. The van der Waals surface area contributed by atoms with Crippen molar-refractivity contribution in [2.75, 3.05) is 63.5 Å². The van der Waals surface area contributed by atoms with Crippen molar-refractivity contribution in [3.8, 4) is 11.6 Å². The Labute approximate surface area is 269 Å². The molecule has 1 fully saturated rings. The molecule has 1 aliphatic rings. The zero-order valence-electron chi connectivity index (χ0n) is 26.3. The fourth-order valence-electron chi connectivity index (χ4n) is 6.04. The molecule has 15 heteroatoms. The molecule has 5 heterocycles. The number of rotatable bonds is 12. The Kier molecular flexibility index (Phi) is 9.33. The predicted octanol–water partition coefficient (Wildman–Crippen LogP) is 3.15. The van der Waals surface area contributed by atoms with E-state index in [2.05, 4.69) is 51.1 Å². The molecule has 0 aliphatic carbocycles. The number of benzene rings is 1.